The summed E-state index contributed by atoms with van der Waals surface area (Å²) >= 11 is 0. The van der Waals surface area contributed by atoms with Crippen LogP contribution in [-0.2, 0) is 12.0 Å². The Bertz CT molecular complexity index is 789. The minimum absolute atomic E-state index is 0.177. The summed E-state index contributed by atoms with van der Waals surface area (Å²) in [4.78, 5) is 0. The molecule has 2 rings (SSSR count). The van der Waals surface area contributed by atoms with Crippen LogP contribution in [0, 0.1) is 11.3 Å². The number of rotatable bonds is 2. The molecule has 0 aliphatic rings. The number of nitriles is 1. The van der Waals surface area contributed by atoms with E-state index in [1.54, 1.807) is 0 Å². The van der Waals surface area contributed by atoms with Gasteiger partial charge >= 0.3 is 33.0 Å². The number of pyridine rings is 1. The van der Waals surface area contributed by atoms with Gasteiger partial charge in [0.1, 0.15) is 0 Å². The minimum atomic E-state index is -10.7. The third-order valence-electron chi connectivity index (χ3n) is 3.23. The number of nitrogens with zero attached hydrogens (tertiary/aromatic N) is 2. The Labute approximate surface area is 147 Å². The normalized spacial score (nSPS) is 14.3. The van der Waals surface area contributed by atoms with Gasteiger partial charge in [-0.3, -0.25) is 0 Å². The molecule has 2 nitrogen and oxygen atoms in total. The molecule has 0 bridgehead atoms. The molecular weight excluding hydrogens is 377 g/mol. The van der Waals surface area contributed by atoms with Crippen molar-refractivity contribution in [1.82, 2.24) is 0 Å². The second-order valence-electron chi connectivity index (χ2n) is 6.73. The summed E-state index contributed by atoms with van der Waals surface area (Å²) in [7, 11) is -10.7. The van der Waals surface area contributed by atoms with Crippen LogP contribution in [0.3, 0.4) is 0 Å². The molecular formula is C17H19F6N2P. The second-order valence-corrected chi connectivity index (χ2v) is 8.65. The number of aromatic nitrogens is 1. The van der Waals surface area contributed by atoms with Crippen molar-refractivity contribution in [3.05, 3.63) is 65.5 Å². The van der Waals surface area contributed by atoms with E-state index in [0.717, 1.165) is 6.54 Å². The van der Waals surface area contributed by atoms with E-state index in [1.807, 2.05) is 29.0 Å². The summed E-state index contributed by atoms with van der Waals surface area (Å²) in [6, 6.07) is 16.5. The van der Waals surface area contributed by atoms with E-state index in [9.17, 15) is 25.2 Å². The quantitative estimate of drug-likeness (QED) is 0.320. The van der Waals surface area contributed by atoms with Crippen LogP contribution in [0.5, 0.6) is 0 Å². The van der Waals surface area contributed by atoms with Crippen LogP contribution in [0.15, 0.2) is 48.7 Å². The molecule has 9 heteroatoms. The van der Waals surface area contributed by atoms with Gasteiger partial charge in [-0.15, -0.1) is 0 Å². The van der Waals surface area contributed by atoms with Gasteiger partial charge in [0.05, 0.1) is 0 Å². The first kappa shape index (κ1) is 21.9. The van der Waals surface area contributed by atoms with E-state index < -0.39 is 7.81 Å². The molecule has 0 amide bonds. The monoisotopic (exact) mass is 396 g/mol. The number of benzene rings is 1. The molecule has 0 radical (unpaired) electrons. The molecule has 0 unspecified atom stereocenters. The van der Waals surface area contributed by atoms with E-state index in [4.69, 9.17) is 5.26 Å². The zero-order chi connectivity index (χ0) is 20.3. The summed E-state index contributed by atoms with van der Waals surface area (Å²) in [6.45, 7) is 7.36. The Balaban J connectivity index is 0.000000412. The maximum atomic E-state index is 9.87. The standard InChI is InChI=1S/C17H19N2.F6P/c1-17(2,3)15-9-7-14(8-10-15)13-19-11-5-4-6-16(19)12-18;1-7(2,3,4,5)6/h4-11H,13H2,1-3H3;/q+1;-1. The fourth-order valence-electron chi connectivity index (χ4n) is 2.02. The average Bonchev–Trinajstić information content (AvgIpc) is 2.44. The molecule has 1 heterocycles. The SMILES string of the molecule is CC(C)(C)c1ccc(C[n+]2ccccc2C#N)cc1.F[P-](F)(F)(F)(F)F. The molecule has 1 aromatic carbocycles. The van der Waals surface area contributed by atoms with E-state index in [2.05, 4.69) is 51.1 Å². The van der Waals surface area contributed by atoms with Gasteiger partial charge in [-0.2, -0.15) is 9.83 Å². The molecule has 2 aromatic rings. The predicted octanol–water partition coefficient (Wildman–Crippen LogP) is 6.57. The van der Waals surface area contributed by atoms with Crippen LogP contribution in [-0.4, -0.2) is 0 Å². The fraction of sp³-hybridized carbons (Fsp3) is 0.294. The van der Waals surface area contributed by atoms with Gasteiger partial charge in [0, 0.05) is 17.7 Å². The number of halogens is 6. The van der Waals surface area contributed by atoms with Crippen molar-refractivity contribution in [3.8, 4) is 6.07 Å². The van der Waals surface area contributed by atoms with Crippen molar-refractivity contribution in [2.24, 2.45) is 0 Å². The van der Waals surface area contributed by atoms with Crippen molar-refractivity contribution < 1.29 is 29.7 Å². The Morgan fingerprint density at radius 1 is 0.923 bits per heavy atom. The first-order valence-electron chi connectivity index (χ1n) is 7.50. The van der Waals surface area contributed by atoms with Gasteiger partial charge in [-0.25, -0.2) is 0 Å². The topological polar surface area (TPSA) is 27.7 Å². The second kappa shape index (κ2) is 6.55. The van der Waals surface area contributed by atoms with Crippen LogP contribution in [0.25, 0.3) is 0 Å². The van der Waals surface area contributed by atoms with Crippen molar-refractivity contribution in [2.75, 3.05) is 0 Å². The summed E-state index contributed by atoms with van der Waals surface area (Å²) in [5, 5.41) is 9.08. The van der Waals surface area contributed by atoms with E-state index >= 15 is 0 Å². The average molecular weight is 396 g/mol. The zero-order valence-corrected chi connectivity index (χ0v) is 15.3. The molecule has 0 N–H and O–H groups in total. The third kappa shape index (κ3) is 10.00. The summed E-state index contributed by atoms with van der Waals surface area (Å²) in [5.41, 5.74) is 3.40. The number of hydrogen-bond acceptors (Lipinski definition) is 1. The van der Waals surface area contributed by atoms with Crippen LogP contribution >= 0.6 is 7.81 Å². The summed E-state index contributed by atoms with van der Waals surface area (Å²) in [5.74, 6) is 0. The maximum absolute atomic E-state index is 10.7. The van der Waals surface area contributed by atoms with Crippen molar-refractivity contribution >= 4 is 7.81 Å². The van der Waals surface area contributed by atoms with E-state index in [0.29, 0.717) is 5.69 Å². The molecule has 0 aliphatic heterocycles. The first-order chi connectivity index (χ1) is 11.5. The van der Waals surface area contributed by atoms with Gasteiger partial charge in [0.25, 0.3) is 5.69 Å². The molecule has 0 saturated heterocycles. The zero-order valence-electron chi connectivity index (χ0n) is 14.4. The van der Waals surface area contributed by atoms with Crippen LogP contribution in [0.4, 0.5) is 25.2 Å². The molecule has 1 aromatic heterocycles. The molecule has 0 aliphatic carbocycles. The first-order valence-corrected chi connectivity index (χ1v) is 9.53. The summed E-state index contributed by atoms with van der Waals surface area (Å²) in [6.07, 6.45) is 1.94. The van der Waals surface area contributed by atoms with Gasteiger partial charge in [0.2, 0.25) is 0 Å². The molecule has 0 atom stereocenters. The molecule has 144 valence electrons. The Morgan fingerprint density at radius 2 is 1.42 bits per heavy atom. The Kier molecular flexibility index (Phi) is 5.52. The van der Waals surface area contributed by atoms with E-state index in [1.165, 1.54) is 11.1 Å². The molecule has 26 heavy (non-hydrogen) atoms. The van der Waals surface area contributed by atoms with Gasteiger partial charge < -0.3 is 0 Å². The Hall–Kier alpha value is -2.13. The van der Waals surface area contributed by atoms with Crippen molar-refractivity contribution in [1.29, 1.82) is 5.26 Å². The van der Waals surface area contributed by atoms with Gasteiger partial charge in [-0.05, 0) is 17.0 Å². The van der Waals surface area contributed by atoms with Gasteiger partial charge in [-0.1, -0.05) is 45.0 Å². The van der Waals surface area contributed by atoms with Crippen molar-refractivity contribution in [2.45, 2.75) is 32.7 Å². The third-order valence-corrected chi connectivity index (χ3v) is 3.23. The molecule has 0 saturated carbocycles. The molecule has 0 fully saturated rings. The van der Waals surface area contributed by atoms with Crippen LogP contribution in [0.2, 0.25) is 0 Å². The number of hydrogen-bond donors (Lipinski definition) is 0. The predicted molar refractivity (Wildman–Crippen MR) is 89.2 cm³/mol. The summed E-state index contributed by atoms with van der Waals surface area (Å²) < 4.78 is 61.2. The van der Waals surface area contributed by atoms with Gasteiger partial charge in [0.15, 0.2) is 18.8 Å². The van der Waals surface area contributed by atoms with E-state index in [-0.39, 0.29) is 5.41 Å². The fourth-order valence-corrected chi connectivity index (χ4v) is 2.02. The Morgan fingerprint density at radius 3 is 1.85 bits per heavy atom. The molecule has 0 spiro atoms. The van der Waals surface area contributed by atoms with Crippen molar-refractivity contribution in [3.63, 3.8) is 0 Å². The van der Waals surface area contributed by atoms with Crippen LogP contribution in [0.1, 0.15) is 37.6 Å². The van der Waals surface area contributed by atoms with Crippen LogP contribution < -0.4 is 4.57 Å².